The van der Waals surface area contributed by atoms with Gasteiger partial charge in [-0.15, -0.1) is 0 Å². The number of hydrogen-bond acceptors (Lipinski definition) is 3. The molecule has 2 rings (SSSR count). The van der Waals surface area contributed by atoms with Gasteiger partial charge in [-0.3, -0.25) is 0 Å². The zero-order valence-electron chi connectivity index (χ0n) is 11.3. The van der Waals surface area contributed by atoms with Gasteiger partial charge in [-0.2, -0.15) is 0 Å². The van der Waals surface area contributed by atoms with Gasteiger partial charge < -0.3 is 15.2 Å². The predicted molar refractivity (Wildman–Crippen MR) is 77.5 cm³/mol. The van der Waals surface area contributed by atoms with Crippen LogP contribution in [0.1, 0.15) is 25.5 Å². The van der Waals surface area contributed by atoms with Gasteiger partial charge in [-0.05, 0) is 43.7 Å². The van der Waals surface area contributed by atoms with Crippen LogP contribution in [0.4, 0.5) is 5.69 Å². The van der Waals surface area contributed by atoms with Gasteiger partial charge in [0.25, 0.3) is 0 Å². The van der Waals surface area contributed by atoms with Crippen LogP contribution in [0, 0.1) is 0 Å². The summed E-state index contributed by atoms with van der Waals surface area (Å²) in [4.78, 5) is 0. The number of rotatable bonds is 5. The fraction of sp³-hybridized carbons (Fsp3) is 0.250. The first kappa shape index (κ1) is 13.3. The highest BCUT2D eigenvalue weighted by atomic mass is 16.5. The Morgan fingerprint density at radius 3 is 2.47 bits per heavy atom. The zero-order chi connectivity index (χ0) is 13.7. The number of para-hydroxylation sites is 2. The van der Waals surface area contributed by atoms with E-state index < -0.39 is 0 Å². The zero-order valence-corrected chi connectivity index (χ0v) is 11.3. The molecule has 0 heterocycles. The van der Waals surface area contributed by atoms with E-state index >= 15 is 0 Å². The van der Waals surface area contributed by atoms with E-state index in [4.69, 9.17) is 15.2 Å². The second-order valence-corrected chi connectivity index (χ2v) is 4.31. The van der Waals surface area contributed by atoms with Crippen LogP contribution in [0.15, 0.2) is 48.5 Å². The van der Waals surface area contributed by atoms with Crippen molar-refractivity contribution in [3.8, 4) is 11.5 Å². The molecule has 0 aliphatic carbocycles. The molecule has 0 aliphatic heterocycles. The number of hydrogen-bond donors (Lipinski definition) is 1. The topological polar surface area (TPSA) is 44.5 Å². The average molecular weight is 257 g/mol. The Morgan fingerprint density at radius 2 is 1.79 bits per heavy atom. The van der Waals surface area contributed by atoms with E-state index in [9.17, 15) is 0 Å². The lowest BCUT2D eigenvalue weighted by Gasteiger charge is -2.18. The Bertz CT molecular complexity index is 540. The number of benzene rings is 2. The molecule has 0 amide bonds. The molecule has 1 atom stereocenters. The predicted octanol–water partition coefficient (Wildman–Crippen LogP) is 3.81. The first-order valence-corrected chi connectivity index (χ1v) is 6.44. The molecular weight excluding hydrogens is 238 g/mol. The lowest BCUT2D eigenvalue weighted by molar-refractivity contribution is 0.211. The summed E-state index contributed by atoms with van der Waals surface area (Å²) in [6.07, 6.45) is -0.0786. The number of nitrogens with two attached hydrogens (primary N) is 1. The van der Waals surface area contributed by atoms with Gasteiger partial charge in [0, 0.05) is 5.69 Å². The van der Waals surface area contributed by atoms with Crippen LogP contribution >= 0.6 is 0 Å². The van der Waals surface area contributed by atoms with Crippen molar-refractivity contribution in [2.45, 2.75) is 20.0 Å². The first-order chi connectivity index (χ1) is 9.20. The summed E-state index contributed by atoms with van der Waals surface area (Å²) >= 11 is 0. The maximum absolute atomic E-state index is 5.96. The summed E-state index contributed by atoms with van der Waals surface area (Å²) in [6, 6.07) is 15.4. The third-order valence-corrected chi connectivity index (χ3v) is 2.83. The Labute approximate surface area is 114 Å². The summed E-state index contributed by atoms with van der Waals surface area (Å²) < 4.78 is 11.5. The fourth-order valence-corrected chi connectivity index (χ4v) is 1.89. The molecule has 100 valence electrons. The van der Waals surface area contributed by atoms with Gasteiger partial charge in [0.05, 0.1) is 6.61 Å². The number of ether oxygens (including phenoxy) is 2. The van der Waals surface area contributed by atoms with Crippen LogP contribution in [0.2, 0.25) is 0 Å². The number of nitrogen functional groups attached to an aromatic ring is 1. The minimum Gasteiger partial charge on any atom is -0.490 e. The van der Waals surface area contributed by atoms with Crippen molar-refractivity contribution < 1.29 is 9.47 Å². The highest BCUT2D eigenvalue weighted by molar-refractivity contribution is 5.43. The van der Waals surface area contributed by atoms with Crippen LogP contribution in [0.5, 0.6) is 11.5 Å². The monoisotopic (exact) mass is 257 g/mol. The van der Waals surface area contributed by atoms with Crippen molar-refractivity contribution in [1.29, 1.82) is 0 Å². The molecule has 0 saturated carbocycles. The molecule has 1 unspecified atom stereocenters. The molecule has 0 spiro atoms. The van der Waals surface area contributed by atoms with Crippen molar-refractivity contribution in [3.05, 3.63) is 54.1 Å². The highest BCUT2D eigenvalue weighted by Gasteiger charge is 2.10. The Balaban J connectivity index is 2.16. The molecule has 2 aromatic carbocycles. The molecule has 19 heavy (non-hydrogen) atoms. The lowest BCUT2D eigenvalue weighted by Crippen LogP contribution is -2.05. The van der Waals surface area contributed by atoms with Gasteiger partial charge in [0.15, 0.2) is 11.5 Å². The van der Waals surface area contributed by atoms with Crippen LogP contribution in [0.25, 0.3) is 0 Å². The summed E-state index contributed by atoms with van der Waals surface area (Å²) in [6.45, 7) is 4.57. The summed E-state index contributed by atoms with van der Waals surface area (Å²) in [7, 11) is 0. The standard InChI is InChI=1S/C16H19NO2/c1-3-18-15-9-4-5-10-16(15)19-12(2)13-7-6-8-14(17)11-13/h4-12H,3,17H2,1-2H3. The number of anilines is 1. The largest absolute Gasteiger partial charge is 0.490 e. The fourth-order valence-electron chi connectivity index (χ4n) is 1.89. The van der Waals surface area contributed by atoms with E-state index in [-0.39, 0.29) is 6.10 Å². The second-order valence-electron chi connectivity index (χ2n) is 4.31. The van der Waals surface area contributed by atoms with E-state index in [1.54, 1.807) is 0 Å². The maximum Gasteiger partial charge on any atom is 0.162 e. The van der Waals surface area contributed by atoms with Crippen molar-refractivity contribution in [2.75, 3.05) is 12.3 Å². The molecule has 0 aliphatic rings. The average Bonchev–Trinajstić information content (AvgIpc) is 2.41. The van der Waals surface area contributed by atoms with Crippen molar-refractivity contribution in [3.63, 3.8) is 0 Å². The molecule has 2 N–H and O–H groups in total. The molecule has 3 nitrogen and oxygen atoms in total. The molecule has 0 saturated heterocycles. The van der Waals surface area contributed by atoms with E-state index in [0.717, 1.165) is 22.7 Å². The Morgan fingerprint density at radius 1 is 1.05 bits per heavy atom. The Kier molecular flexibility index (Phi) is 4.29. The molecule has 3 heteroatoms. The quantitative estimate of drug-likeness (QED) is 0.828. The van der Waals surface area contributed by atoms with E-state index in [2.05, 4.69) is 0 Å². The minimum atomic E-state index is -0.0786. The highest BCUT2D eigenvalue weighted by Crippen LogP contribution is 2.31. The second kappa shape index (κ2) is 6.14. The Hall–Kier alpha value is -2.16. The lowest BCUT2D eigenvalue weighted by atomic mass is 10.1. The third-order valence-electron chi connectivity index (χ3n) is 2.83. The van der Waals surface area contributed by atoms with Gasteiger partial charge in [-0.25, -0.2) is 0 Å². The molecule has 0 bridgehead atoms. The van der Waals surface area contributed by atoms with Crippen LogP contribution in [-0.4, -0.2) is 6.61 Å². The van der Waals surface area contributed by atoms with Crippen molar-refractivity contribution in [2.24, 2.45) is 0 Å². The molecular formula is C16H19NO2. The van der Waals surface area contributed by atoms with Crippen molar-refractivity contribution in [1.82, 2.24) is 0 Å². The van der Waals surface area contributed by atoms with Gasteiger partial charge in [-0.1, -0.05) is 24.3 Å². The minimum absolute atomic E-state index is 0.0786. The first-order valence-electron chi connectivity index (χ1n) is 6.44. The van der Waals surface area contributed by atoms with Gasteiger partial charge in [0.2, 0.25) is 0 Å². The summed E-state index contributed by atoms with van der Waals surface area (Å²) in [5.74, 6) is 1.51. The maximum atomic E-state index is 5.96. The SMILES string of the molecule is CCOc1ccccc1OC(C)c1cccc(N)c1. The molecule has 0 aromatic heterocycles. The third kappa shape index (κ3) is 3.41. The van der Waals surface area contributed by atoms with E-state index in [0.29, 0.717) is 6.61 Å². The molecule has 0 fully saturated rings. The summed E-state index contributed by atoms with van der Waals surface area (Å²) in [5, 5.41) is 0. The normalized spacial score (nSPS) is 11.9. The smallest absolute Gasteiger partial charge is 0.162 e. The summed E-state index contributed by atoms with van der Waals surface area (Å²) in [5.41, 5.74) is 7.58. The van der Waals surface area contributed by atoms with Gasteiger partial charge in [0.1, 0.15) is 6.10 Å². The van der Waals surface area contributed by atoms with E-state index in [1.165, 1.54) is 0 Å². The van der Waals surface area contributed by atoms with Gasteiger partial charge >= 0.3 is 0 Å². The van der Waals surface area contributed by atoms with Crippen LogP contribution < -0.4 is 15.2 Å². The van der Waals surface area contributed by atoms with Crippen LogP contribution in [0.3, 0.4) is 0 Å². The molecule has 2 aromatic rings. The van der Waals surface area contributed by atoms with Crippen LogP contribution in [-0.2, 0) is 0 Å². The molecule has 0 radical (unpaired) electrons. The van der Waals surface area contributed by atoms with E-state index in [1.807, 2.05) is 62.4 Å². The van der Waals surface area contributed by atoms with Crippen molar-refractivity contribution >= 4 is 5.69 Å².